The molecule has 0 unspecified atom stereocenters. The Bertz CT molecular complexity index is 585. The van der Waals surface area contributed by atoms with Gasteiger partial charge in [-0.3, -0.25) is 4.79 Å². The van der Waals surface area contributed by atoms with Gasteiger partial charge in [0.1, 0.15) is 11.6 Å². The van der Waals surface area contributed by atoms with E-state index in [4.69, 9.17) is 4.52 Å². The maximum Gasteiger partial charge on any atom is 0.279 e. The molecule has 0 spiro atoms. The van der Waals surface area contributed by atoms with Crippen LogP contribution < -0.4 is 5.32 Å². The van der Waals surface area contributed by atoms with Crippen molar-refractivity contribution in [1.82, 2.24) is 10.1 Å². The summed E-state index contributed by atoms with van der Waals surface area (Å²) in [5.41, 5.74) is 1.44. The molecule has 1 aliphatic carbocycles. The highest BCUT2D eigenvalue weighted by Gasteiger charge is 2.28. The highest BCUT2D eigenvalue weighted by Crippen LogP contribution is 2.40. The third kappa shape index (κ3) is 2.65. The highest BCUT2D eigenvalue weighted by atomic mass is 16.5. The standard InChI is InChI=1S/C14H15N3O2/c1-2-9-3-6-13(15-8-9)16-14(18)11-7-12(19-17-11)10-4-5-10/h3,6-8,10H,2,4-5H2,1H3,(H,15,16,18). The van der Waals surface area contributed by atoms with Gasteiger partial charge >= 0.3 is 0 Å². The summed E-state index contributed by atoms with van der Waals surface area (Å²) >= 11 is 0. The van der Waals surface area contributed by atoms with Crippen LogP contribution in [0.4, 0.5) is 5.82 Å². The van der Waals surface area contributed by atoms with Gasteiger partial charge in [-0.1, -0.05) is 18.1 Å². The Hall–Kier alpha value is -2.17. The minimum Gasteiger partial charge on any atom is -0.360 e. The summed E-state index contributed by atoms with van der Waals surface area (Å²) in [6, 6.07) is 5.45. The smallest absolute Gasteiger partial charge is 0.279 e. The number of hydrogen-bond donors (Lipinski definition) is 1. The molecule has 5 nitrogen and oxygen atoms in total. The molecule has 1 N–H and O–H groups in total. The van der Waals surface area contributed by atoms with E-state index >= 15 is 0 Å². The van der Waals surface area contributed by atoms with Crippen molar-refractivity contribution in [2.24, 2.45) is 0 Å². The Morgan fingerprint density at radius 1 is 1.47 bits per heavy atom. The zero-order chi connectivity index (χ0) is 13.2. The molecule has 1 amide bonds. The molecule has 98 valence electrons. The van der Waals surface area contributed by atoms with E-state index in [2.05, 4.69) is 22.4 Å². The molecule has 2 aromatic heterocycles. The molecule has 19 heavy (non-hydrogen) atoms. The molecule has 1 fully saturated rings. The molecule has 0 aliphatic heterocycles. The first-order chi connectivity index (χ1) is 9.26. The van der Waals surface area contributed by atoms with Crippen LogP contribution >= 0.6 is 0 Å². The van der Waals surface area contributed by atoms with E-state index in [0.717, 1.165) is 30.6 Å². The number of pyridine rings is 1. The van der Waals surface area contributed by atoms with Gasteiger partial charge in [-0.15, -0.1) is 0 Å². The lowest BCUT2D eigenvalue weighted by Gasteiger charge is -2.02. The predicted molar refractivity (Wildman–Crippen MR) is 70.0 cm³/mol. The van der Waals surface area contributed by atoms with Crippen molar-refractivity contribution >= 4 is 11.7 Å². The van der Waals surface area contributed by atoms with Gasteiger partial charge in [0, 0.05) is 18.2 Å². The van der Waals surface area contributed by atoms with Gasteiger partial charge in [-0.05, 0) is 30.9 Å². The Labute approximate surface area is 111 Å². The first kappa shape index (κ1) is 11.9. The summed E-state index contributed by atoms with van der Waals surface area (Å²) in [7, 11) is 0. The van der Waals surface area contributed by atoms with Crippen LogP contribution in [-0.2, 0) is 6.42 Å². The molecule has 0 atom stereocenters. The number of nitrogens with zero attached hydrogens (tertiary/aromatic N) is 2. The summed E-state index contributed by atoms with van der Waals surface area (Å²) in [6.07, 6.45) is 4.93. The second-order valence-corrected chi connectivity index (χ2v) is 4.75. The fourth-order valence-corrected chi connectivity index (χ4v) is 1.84. The van der Waals surface area contributed by atoms with Crippen molar-refractivity contribution in [3.63, 3.8) is 0 Å². The fraction of sp³-hybridized carbons (Fsp3) is 0.357. The van der Waals surface area contributed by atoms with Gasteiger partial charge < -0.3 is 9.84 Å². The Balaban J connectivity index is 1.68. The van der Waals surface area contributed by atoms with Crippen molar-refractivity contribution in [3.8, 4) is 0 Å². The van der Waals surface area contributed by atoms with Gasteiger partial charge in [0.05, 0.1) is 0 Å². The van der Waals surface area contributed by atoms with E-state index in [1.165, 1.54) is 0 Å². The van der Waals surface area contributed by atoms with E-state index < -0.39 is 0 Å². The maximum atomic E-state index is 12.0. The van der Waals surface area contributed by atoms with Crippen molar-refractivity contribution < 1.29 is 9.32 Å². The number of anilines is 1. The summed E-state index contributed by atoms with van der Waals surface area (Å²) in [4.78, 5) is 16.1. The van der Waals surface area contributed by atoms with Gasteiger partial charge in [-0.25, -0.2) is 4.98 Å². The molecule has 2 heterocycles. The van der Waals surface area contributed by atoms with Crippen LogP contribution in [0.1, 0.15) is 47.5 Å². The van der Waals surface area contributed by atoms with Gasteiger partial charge in [-0.2, -0.15) is 0 Å². The number of aryl methyl sites for hydroxylation is 1. The molecule has 1 aliphatic rings. The van der Waals surface area contributed by atoms with Crippen molar-refractivity contribution in [2.75, 3.05) is 5.32 Å². The number of hydrogen-bond acceptors (Lipinski definition) is 4. The van der Waals surface area contributed by atoms with Crippen LogP contribution in [0.2, 0.25) is 0 Å². The number of rotatable bonds is 4. The first-order valence-electron chi connectivity index (χ1n) is 6.49. The van der Waals surface area contributed by atoms with Crippen LogP contribution in [0.15, 0.2) is 28.9 Å². The number of aromatic nitrogens is 2. The van der Waals surface area contributed by atoms with Crippen LogP contribution in [0.3, 0.4) is 0 Å². The molecular formula is C14H15N3O2. The Morgan fingerprint density at radius 2 is 2.32 bits per heavy atom. The minimum absolute atomic E-state index is 0.285. The molecule has 1 saturated carbocycles. The van der Waals surface area contributed by atoms with E-state index in [1.54, 1.807) is 18.3 Å². The molecule has 0 radical (unpaired) electrons. The van der Waals surface area contributed by atoms with E-state index in [0.29, 0.717) is 17.4 Å². The average Bonchev–Trinajstić information content (AvgIpc) is 3.17. The van der Waals surface area contributed by atoms with Crippen LogP contribution in [0, 0.1) is 0 Å². The number of carbonyl (C=O) groups excluding carboxylic acids is 1. The largest absolute Gasteiger partial charge is 0.360 e. The molecule has 0 saturated heterocycles. The van der Waals surface area contributed by atoms with Crippen molar-refractivity contribution in [2.45, 2.75) is 32.1 Å². The lowest BCUT2D eigenvalue weighted by Crippen LogP contribution is -2.13. The second-order valence-electron chi connectivity index (χ2n) is 4.75. The van der Waals surface area contributed by atoms with Crippen molar-refractivity contribution in [1.29, 1.82) is 0 Å². The summed E-state index contributed by atoms with van der Waals surface area (Å²) < 4.78 is 5.15. The SMILES string of the molecule is CCc1ccc(NC(=O)c2cc(C3CC3)on2)nc1. The fourth-order valence-electron chi connectivity index (χ4n) is 1.84. The van der Waals surface area contributed by atoms with Gasteiger partial charge in [0.25, 0.3) is 5.91 Å². The van der Waals surface area contributed by atoms with Gasteiger partial charge in [0.2, 0.25) is 0 Å². The molecule has 0 aromatic carbocycles. The Morgan fingerprint density at radius 3 is 2.95 bits per heavy atom. The molecular weight excluding hydrogens is 242 g/mol. The quantitative estimate of drug-likeness (QED) is 0.914. The monoisotopic (exact) mass is 257 g/mol. The molecule has 5 heteroatoms. The summed E-state index contributed by atoms with van der Waals surface area (Å²) in [6.45, 7) is 2.06. The van der Waals surface area contributed by atoms with E-state index in [1.807, 2.05) is 6.07 Å². The van der Waals surface area contributed by atoms with Crippen LogP contribution in [0.25, 0.3) is 0 Å². The van der Waals surface area contributed by atoms with E-state index in [-0.39, 0.29) is 5.91 Å². The average molecular weight is 257 g/mol. The summed E-state index contributed by atoms with van der Waals surface area (Å²) in [5.74, 6) is 1.50. The third-order valence-electron chi connectivity index (χ3n) is 3.22. The lowest BCUT2D eigenvalue weighted by molar-refractivity contribution is 0.101. The second kappa shape index (κ2) is 4.84. The number of nitrogens with one attached hydrogen (secondary N) is 1. The highest BCUT2D eigenvalue weighted by molar-refractivity contribution is 6.02. The zero-order valence-corrected chi connectivity index (χ0v) is 10.7. The summed E-state index contributed by atoms with van der Waals surface area (Å²) in [5, 5.41) is 6.50. The normalized spacial score (nSPS) is 14.4. The van der Waals surface area contributed by atoms with Gasteiger partial charge in [0.15, 0.2) is 5.69 Å². The lowest BCUT2D eigenvalue weighted by atomic mass is 10.2. The molecule has 2 aromatic rings. The first-order valence-corrected chi connectivity index (χ1v) is 6.49. The third-order valence-corrected chi connectivity index (χ3v) is 3.22. The Kier molecular flexibility index (Phi) is 3.03. The maximum absolute atomic E-state index is 12.0. The van der Waals surface area contributed by atoms with E-state index in [9.17, 15) is 4.79 Å². The van der Waals surface area contributed by atoms with Crippen LogP contribution in [0.5, 0.6) is 0 Å². The van der Waals surface area contributed by atoms with Crippen LogP contribution in [-0.4, -0.2) is 16.0 Å². The predicted octanol–water partition coefficient (Wildman–Crippen LogP) is 2.76. The topological polar surface area (TPSA) is 68.0 Å². The zero-order valence-electron chi connectivity index (χ0n) is 10.7. The molecule has 3 rings (SSSR count). The number of amides is 1. The molecule has 0 bridgehead atoms. The van der Waals surface area contributed by atoms with Crippen molar-refractivity contribution in [3.05, 3.63) is 41.4 Å². The number of carbonyl (C=O) groups is 1. The minimum atomic E-state index is -0.285.